The molecule has 0 heterocycles. The average Bonchev–Trinajstić information content (AvgIpc) is 3.08. The van der Waals surface area contributed by atoms with E-state index in [1.54, 1.807) is 0 Å². The van der Waals surface area contributed by atoms with Gasteiger partial charge in [-0.05, 0) is 37.1 Å². The number of hydrogen-bond acceptors (Lipinski definition) is 4. The molecule has 104 valence electrons. The lowest BCUT2D eigenvalue weighted by atomic mass is 10.1. The maximum absolute atomic E-state index is 11.9. The molecule has 0 unspecified atom stereocenters. The van der Waals surface area contributed by atoms with Crippen molar-refractivity contribution < 1.29 is 18.3 Å². The topological polar surface area (TPSA) is 95.5 Å². The number of hydrogen-bond donors (Lipinski definition) is 3. The molecule has 0 spiro atoms. The molecule has 1 aromatic rings. The number of benzene rings is 1. The van der Waals surface area contributed by atoms with Crippen LogP contribution in [-0.2, 0) is 10.0 Å². The molecular weight excluding hydrogens is 268 g/mol. The van der Waals surface area contributed by atoms with Gasteiger partial charge in [0, 0.05) is 11.3 Å². The van der Waals surface area contributed by atoms with E-state index in [1.807, 2.05) is 0 Å². The highest BCUT2D eigenvalue weighted by Crippen LogP contribution is 2.34. The Bertz CT molecular complexity index is 576. The fraction of sp³-hybridized carbons (Fsp3) is 0.417. The molecule has 3 N–H and O–H groups in total. The highest BCUT2D eigenvalue weighted by atomic mass is 32.2. The smallest absolute Gasteiger partial charge is 0.251 e. The van der Waals surface area contributed by atoms with Crippen LogP contribution >= 0.6 is 0 Å². The van der Waals surface area contributed by atoms with E-state index in [9.17, 15) is 13.2 Å². The molecule has 1 fully saturated rings. The van der Waals surface area contributed by atoms with Crippen molar-refractivity contribution >= 4 is 21.6 Å². The summed E-state index contributed by atoms with van der Waals surface area (Å²) in [5.41, 5.74) is 0.377. The van der Waals surface area contributed by atoms with Crippen LogP contribution in [0.1, 0.15) is 23.2 Å². The first-order valence-corrected chi connectivity index (χ1v) is 7.74. The molecule has 1 aromatic carbocycles. The number of carbonyl (C=O) groups is 1. The summed E-state index contributed by atoms with van der Waals surface area (Å²) in [6.45, 7) is -0.0630. The van der Waals surface area contributed by atoms with Gasteiger partial charge in [-0.3, -0.25) is 9.52 Å². The summed E-state index contributed by atoms with van der Waals surface area (Å²) in [5, 5.41) is 11.9. The normalized spacial score (nSPS) is 16.7. The largest absolute Gasteiger partial charge is 0.394 e. The molecule has 0 saturated heterocycles. The van der Waals surface area contributed by atoms with Gasteiger partial charge in [0.2, 0.25) is 10.0 Å². The van der Waals surface area contributed by atoms with Crippen molar-refractivity contribution in [3.05, 3.63) is 29.8 Å². The Hall–Kier alpha value is -1.60. The highest BCUT2D eigenvalue weighted by Gasteiger charge is 2.43. The van der Waals surface area contributed by atoms with E-state index in [0.29, 0.717) is 11.3 Å². The second-order valence-electron chi connectivity index (χ2n) is 4.84. The first-order valence-electron chi connectivity index (χ1n) is 5.85. The van der Waals surface area contributed by atoms with Crippen LogP contribution in [0.15, 0.2) is 24.3 Å². The van der Waals surface area contributed by atoms with Crippen molar-refractivity contribution in [1.82, 2.24) is 5.32 Å². The van der Waals surface area contributed by atoms with Gasteiger partial charge < -0.3 is 10.4 Å². The fourth-order valence-electron chi connectivity index (χ4n) is 1.69. The van der Waals surface area contributed by atoms with Crippen LogP contribution in [0.5, 0.6) is 0 Å². The quantitative estimate of drug-likeness (QED) is 0.725. The van der Waals surface area contributed by atoms with E-state index in [-0.39, 0.29) is 12.5 Å². The van der Waals surface area contributed by atoms with Crippen LogP contribution in [0.3, 0.4) is 0 Å². The number of sulfonamides is 1. The maximum atomic E-state index is 11.9. The zero-order chi connectivity index (χ0) is 14.1. The molecule has 6 nitrogen and oxygen atoms in total. The number of anilines is 1. The van der Waals surface area contributed by atoms with Gasteiger partial charge >= 0.3 is 0 Å². The van der Waals surface area contributed by atoms with E-state index in [1.165, 1.54) is 24.3 Å². The molecule has 2 rings (SSSR count). The van der Waals surface area contributed by atoms with Gasteiger partial charge in [0.15, 0.2) is 0 Å². The lowest BCUT2D eigenvalue weighted by Gasteiger charge is -2.14. The molecule has 0 radical (unpaired) electrons. The molecule has 1 amide bonds. The monoisotopic (exact) mass is 284 g/mol. The van der Waals surface area contributed by atoms with Gasteiger partial charge in [0.25, 0.3) is 5.91 Å². The molecule has 7 heteroatoms. The Balaban J connectivity index is 2.04. The zero-order valence-electron chi connectivity index (χ0n) is 10.5. The Morgan fingerprint density at radius 2 is 1.89 bits per heavy atom. The van der Waals surface area contributed by atoms with Gasteiger partial charge in [0.05, 0.1) is 18.4 Å². The number of carbonyl (C=O) groups excluding carboxylic acids is 1. The minimum absolute atomic E-state index is 0.0630. The third-order valence-corrected chi connectivity index (χ3v) is 3.59. The SMILES string of the molecule is CS(=O)(=O)Nc1ccc(C(=O)NC2(CO)CC2)cc1. The number of nitrogens with one attached hydrogen (secondary N) is 2. The van der Waals surface area contributed by atoms with Crippen molar-refractivity contribution in [3.8, 4) is 0 Å². The first kappa shape index (κ1) is 13.8. The van der Waals surface area contributed by atoms with Gasteiger partial charge in [0.1, 0.15) is 0 Å². The molecule has 1 aliphatic rings. The van der Waals surface area contributed by atoms with E-state index in [4.69, 9.17) is 5.11 Å². The van der Waals surface area contributed by atoms with Crippen LogP contribution in [-0.4, -0.2) is 37.8 Å². The number of aliphatic hydroxyl groups is 1. The highest BCUT2D eigenvalue weighted by molar-refractivity contribution is 7.92. The first-order chi connectivity index (χ1) is 8.84. The average molecular weight is 284 g/mol. The molecule has 0 bridgehead atoms. The number of amides is 1. The van der Waals surface area contributed by atoms with Crippen LogP contribution in [0.2, 0.25) is 0 Å². The standard InChI is InChI=1S/C12H16N2O4S/c1-19(17,18)14-10-4-2-9(3-5-10)11(16)13-12(8-15)6-7-12/h2-5,14-15H,6-8H2,1H3,(H,13,16). The van der Waals surface area contributed by atoms with Gasteiger partial charge in [-0.1, -0.05) is 0 Å². The van der Waals surface area contributed by atoms with E-state index < -0.39 is 15.6 Å². The van der Waals surface area contributed by atoms with E-state index in [0.717, 1.165) is 19.1 Å². The van der Waals surface area contributed by atoms with Crippen molar-refractivity contribution in [2.75, 3.05) is 17.6 Å². The van der Waals surface area contributed by atoms with Crippen LogP contribution in [0.25, 0.3) is 0 Å². The minimum atomic E-state index is -3.32. The second-order valence-corrected chi connectivity index (χ2v) is 6.59. The number of aliphatic hydroxyl groups excluding tert-OH is 1. The maximum Gasteiger partial charge on any atom is 0.251 e. The second kappa shape index (κ2) is 4.82. The summed E-state index contributed by atoms with van der Waals surface area (Å²) in [7, 11) is -3.32. The Labute approximate surface area is 111 Å². The van der Waals surface area contributed by atoms with Crippen molar-refractivity contribution in [2.24, 2.45) is 0 Å². The van der Waals surface area contributed by atoms with Gasteiger partial charge in [-0.25, -0.2) is 8.42 Å². The fourth-order valence-corrected chi connectivity index (χ4v) is 2.25. The summed E-state index contributed by atoms with van der Waals surface area (Å²) in [5.74, 6) is -0.266. The molecule has 19 heavy (non-hydrogen) atoms. The summed E-state index contributed by atoms with van der Waals surface area (Å²) >= 11 is 0. The van der Waals surface area contributed by atoms with Crippen LogP contribution in [0, 0.1) is 0 Å². The Morgan fingerprint density at radius 3 is 2.32 bits per heavy atom. The summed E-state index contributed by atoms with van der Waals surface area (Å²) in [6, 6.07) is 6.12. The van der Waals surface area contributed by atoms with Gasteiger partial charge in [-0.2, -0.15) is 0 Å². The van der Waals surface area contributed by atoms with E-state index in [2.05, 4.69) is 10.0 Å². The zero-order valence-corrected chi connectivity index (χ0v) is 11.3. The van der Waals surface area contributed by atoms with Crippen molar-refractivity contribution in [3.63, 3.8) is 0 Å². The van der Waals surface area contributed by atoms with Crippen molar-refractivity contribution in [1.29, 1.82) is 0 Å². The third-order valence-electron chi connectivity index (χ3n) is 2.99. The van der Waals surface area contributed by atoms with Gasteiger partial charge in [-0.15, -0.1) is 0 Å². The molecular formula is C12H16N2O4S. The summed E-state index contributed by atoms with van der Waals surface area (Å²) in [6.07, 6.45) is 2.62. The lowest BCUT2D eigenvalue weighted by molar-refractivity contribution is 0.0907. The van der Waals surface area contributed by atoms with Crippen LogP contribution in [0.4, 0.5) is 5.69 Å². The molecule has 0 aromatic heterocycles. The Kier molecular flexibility index (Phi) is 3.51. The van der Waals surface area contributed by atoms with E-state index >= 15 is 0 Å². The predicted octanol–water partition coefficient (Wildman–Crippen LogP) is 0.313. The Morgan fingerprint density at radius 1 is 1.32 bits per heavy atom. The third kappa shape index (κ3) is 3.68. The van der Waals surface area contributed by atoms with Crippen LogP contribution < -0.4 is 10.0 Å². The predicted molar refractivity (Wildman–Crippen MR) is 71.4 cm³/mol. The molecule has 1 saturated carbocycles. The molecule has 1 aliphatic carbocycles. The summed E-state index contributed by atoms with van der Waals surface area (Å²) in [4.78, 5) is 11.9. The number of rotatable bonds is 5. The molecule has 0 atom stereocenters. The van der Waals surface area contributed by atoms with Crippen molar-refractivity contribution in [2.45, 2.75) is 18.4 Å². The lowest BCUT2D eigenvalue weighted by Crippen LogP contribution is -2.39. The minimum Gasteiger partial charge on any atom is -0.394 e. The summed E-state index contributed by atoms with van der Waals surface area (Å²) < 4.78 is 24.4. The molecule has 0 aliphatic heterocycles.